The zero-order valence-corrected chi connectivity index (χ0v) is 11.9. The number of methoxy groups -OCH3 is 1. The summed E-state index contributed by atoms with van der Waals surface area (Å²) in [5, 5.41) is 0. The first-order valence-corrected chi connectivity index (χ1v) is 7.00. The average molecular weight is 264 g/mol. The Morgan fingerprint density at radius 3 is 2.63 bits per heavy atom. The molecule has 106 valence electrons. The van der Waals surface area contributed by atoms with Gasteiger partial charge in [0.25, 0.3) is 0 Å². The number of benzene rings is 1. The van der Waals surface area contributed by atoms with Gasteiger partial charge in [-0.1, -0.05) is 6.07 Å². The summed E-state index contributed by atoms with van der Waals surface area (Å²) < 4.78 is 10.9. The van der Waals surface area contributed by atoms with Crippen LogP contribution in [0.3, 0.4) is 0 Å². The molecule has 1 aliphatic heterocycles. The lowest BCUT2D eigenvalue weighted by molar-refractivity contribution is 0.205. The van der Waals surface area contributed by atoms with Crippen LogP contribution >= 0.6 is 0 Å². The van der Waals surface area contributed by atoms with E-state index in [9.17, 15) is 0 Å². The third-order valence-corrected chi connectivity index (χ3v) is 3.57. The maximum Gasteiger partial charge on any atom is 0.161 e. The second kappa shape index (κ2) is 6.78. The summed E-state index contributed by atoms with van der Waals surface area (Å²) in [5.74, 6) is 1.63. The average Bonchev–Trinajstić information content (AvgIpc) is 2.43. The lowest BCUT2D eigenvalue weighted by atomic mass is 10.1. The van der Waals surface area contributed by atoms with Crippen LogP contribution in [0.1, 0.15) is 25.3 Å². The maximum absolute atomic E-state index is 5.93. The van der Waals surface area contributed by atoms with Crippen molar-refractivity contribution < 1.29 is 9.47 Å². The molecule has 1 fully saturated rings. The van der Waals surface area contributed by atoms with Crippen LogP contribution in [-0.4, -0.2) is 37.7 Å². The van der Waals surface area contributed by atoms with Gasteiger partial charge in [0.05, 0.1) is 13.7 Å². The van der Waals surface area contributed by atoms with Crippen molar-refractivity contribution in [2.24, 2.45) is 5.73 Å². The largest absolute Gasteiger partial charge is 0.493 e. The Balaban J connectivity index is 2.00. The predicted molar refractivity (Wildman–Crippen MR) is 76.6 cm³/mol. The normalized spacial score (nSPS) is 17.4. The summed E-state index contributed by atoms with van der Waals surface area (Å²) in [4.78, 5) is 2.44. The van der Waals surface area contributed by atoms with Gasteiger partial charge in [-0.15, -0.1) is 0 Å². The number of nitrogens with two attached hydrogens (primary N) is 1. The van der Waals surface area contributed by atoms with E-state index in [4.69, 9.17) is 15.2 Å². The minimum absolute atomic E-state index is 0.381. The molecule has 2 N–H and O–H groups in total. The highest BCUT2D eigenvalue weighted by molar-refractivity contribution is 5.42. The molecule has 1 saturated heterocycles. The minimum atomic E-state index is 0.381. The second-order valence-corrected chi connectivity index (χ2v) is 5.03. The number of nitrogens with zero attached hydrogens (tertiary/aromatic N) is 1. The van der Waals surface area contributed by atoms with Crippen LogP contribution in [0, 0.1) is 0 Å². The number of likely N-dealkylation sites (tertiary alicyclic amines) is 1. The molecule has 0 atom stereocenters. The Morgan fingerprint density at radius 2 is 2.00 bits per heavy atom. The molecule has 0 bridgehead atoms. The molecule has 4 nitrogen and oxygen atoms in total. The first kappa shape index (κ1) is 14.2. The molecule has 1 aromatic rings. The number of ether oxygens (including phenoxy) is 2. The third-order valence-electron chi connectivity index (χ3n) is 3.57. The van der Waals surface area contributed by atoms with Crippen LogP contribution in [0.2, 0.25) is 0 Å². The molecule has 0 amide bonds. The molecule has 0 saturated carbocycles. The Hall–Kier alpha value is -1.26. The van der Waals surface area contributed by atoms with E-state index >= 15 is 0 Å². The fourth-order valence-corrected chi connectivity index (χ4v) is 2.45. The zero-order valence-electron chi connectivity index (χ0n) is 11.9. The van der Waals surface area contributed by atoms with Gasteiger partial charge in [0, 0.05) is 12.6 Å². The van der Waals surface area contributed by atoms with Gasteiger partial charge in [-0.25, -0.2) is 0 Å². The van der Waals surface area contributed by atoms with Gasteiger partial charge in [-0.2, -0.15) is 0 Å². The Kier molecular flexibility index (Phi) is 5.05. The molecule has 1 aromatic carbocycles. The number of rotatable bonds is 5. The van der Waals surface area contributed by atoms with Crippen molar-refractivity contribution in [2.45, 2.75) is 32.4 Å². The van der Waals surface area contributed by atoms with E-state index in [2.05, 4.69) is 17.0 Å². The van der Waals surface area contributed by atoms with Crippen molar-refractivity contribution in [1.29, 1.82) is 0 Å². The number of hydrogen-bond acceptors (Lipinski definition) is 4. The van der Waals surface area contributed by atoms with E-state index in [0.29, 0.717) is 12.6 Å². The summed E-state index contributed by atoms with van der Waals surface area (Å²) in [6.45, 7) is 5.74. The van der Waals surface area contributed by atoms with E-state index in [1.54, 1.807) is 7.11 Å². The van der Waals surface area contributed by atoms with E-state index in [-0.39, 0.29) is 0 Å². The molecule has 2 rings (SSSR count). The molecule has 0 aromatic heterocycles. The lowest BCUT2D eigenvalue weighted by Gasteiger charge is -2.30. The van der Waals surface area contributed by atoms with Gasteiger partial charge < -0.3 is 15.2 Å². The molecule has 0 aliphatic carbocycles. The second-order valence-electron chi connectivity index (χ2n) is 5.03. The quantitative estimate of drug-likeness (QED) is 0.884. The highest BCUT2D eigenvalue weighted by Gasteiger charge is 2.16. The first-order chi connectivity index (χ1) is 9.22. The highest BCUT2D eigenvalue weighted by Crippen LogP contribution is 2.28. The Labute approximate surface area is 115 Å². The molecule has 0 spiro atoms. The van der Waals surface area contributed by atoms with Crippen LogP contribution in [0.25, 0.3) is 0 Å². The smallest absolute Gasteiger partial charge is 0.161 e. The van der Waals surface area contributed by atoms with E-state index in [0.717, 1.165) is 44.0 Å². The van der Waals surface area contributed by atoms with Crippen LogP contribution in [0.4, 0.5) is 0 Å². The van der Waals surface area contributed by atoms with Crippen LogP contribution in [0.5, 0.6) is 11.5 Å². The van der Waals surface area contributed by atoms with Crippen molar-refractivity contribution in [3.63, 3.8) is 0 Å². The fourth-order valence-electron chi connectivity index (χ4n) is 2.45. The van der Waals surface area contributed by atoms with Crippen LogP contribution in [0.15, 0.2) is 18.2 Å². The third kappa shape index (κ3) is 3.85. The summed E-state index contributed by atoms with van der Waals surface area (Å²) in [5.41, 5.74) is 7.19. The molecule has 1 aliphatic rings. The zero-order chi connectivity index (χ0) is 13.7. The molecule has 0 unspecified atom stereocenters. The number of hydrogen-bond donors (Lipinski definition) is 1. The van der Waals surface area contributed by atoms with Gasteiger partial charge in [0.1, 0.15) is 0 Å². The summed E-state index contributed by atoms with van der Waals surface area (Å²) in [6, 6.07) is 6.56. The van der Waals surface area contributed by atoms with E-state index in [1.807, 2.05) is 13.0 Å². The maximum atomic E-state index is 5.93. The van der Waals surface area contributed by atoms with E-state index < -0.39 is 0 Å². The summed E-state index contributed by atoms with van der Waals surface area (Å²) in [7, 11) is 1.68. The molecule has 0 radical (unpaired) electrons. The molecule has 19 heavy (non-hydrogen) atoms. The van der Waals surface area contributed by atoms with Gasteiger partial charge in [0.2, 0.25) is 0 Å². The van der Waals surface area contributed by atoms with Crippen molar-refractivity contribution in [2.75, 3.05) is 26.8 Å². The fraction of sp³-hybridized carbons (Fsp3) is 0.600. The Morgan fingerprint density at radius 1 is 1.26 bits per heavy atom. The topological polar surface area (TPSA) is 47.7 Å². The van der Waals surface area contributed by atoms with Crippen molar-refractivity contribution >= 4 is 0 Å². The monoisotopic (exact) mass is 264 g/mol. The molecule has 4 heteroatoms. The predicted octanol–water partition coefficient (Wildman–Crippen LogP) is 2.02. The van der Waals surface area contributed by atoms with Crippen LogP contribution in [-0.2, 0) is 6.54 Å². The first-order valence-electron chi connectivity index (χ1n) is 7.00. The molecular weight excluding hydrogens is 240 g/mol. The summed E-state index contributed by atoms with van der Waals surface area (Å²) in [6.07, 6.45) is 2.18. The van der Waals surface area contributed by atoms with Crippen molar-refractivity contribution in [3.8, 4) is 11.5 Å². The Bertz CT molecular complexity index is 401. The van der Waals surface area contributed by atoms with Gasteiger partial charge in [-0.3, -0.25) is 4.90 Å². The molecular formula is C15H24N2O2. The molecule has 1 heterocycles. The van der Waals surface area contributed by atoms with Gasteiger partial charge >= 0.3 is 0 Å². The minimum Gasteiger partial charge on any atom is -0.493 e. The van der Waals surface area contributed by atoms with Gasteiger partial charge in [-0.05, 0) is 50.6 Å². The highest BCUT2D eigenvalue weighted by atomic mass is 16.5. The SMILES string of the molecule is CCOc1ccc(CN2CCC(N)CC2)cc1OC. The van der Waals surface area contributed by atoms with Crippen LogP contribution < -0.4 is 15.2 Å². The van der Waals surface area contributed by atoms with E-state index in [1.165, 1.54) is 5.56 Å². The lowest BCUT2D eigenvalue weighted by Crippen LogP contribution is -2.39. The number of piperidine rings is 1. The summed E-state index contributed by atoms with van der Waals surface area (Å²) >= 11 is 0. The van der Waals surface area contributed by atoms with Crippen molar-refractivity contribution in [3.05, 3.63) is 23.8 Å². The van der Waals surface area contributed by atoms with Gasteiger partial charge in [0.15, 0.2) is 11.5 Å². The van der Waals surface area contributed by atoms with Crippen molar-refractivity contribution in [1.82, 2.24) is 4.90 Å². The standard InChI is InChI=1S/C15H24N2O2/c1-3-19-14-5-4-12(10-15(14)18-2)11-17-8-6-13(16)7-9-17/h4-5,10,13H,3,6-9,11,16H2,1-2H3.